The molecule has 0 aliphatic carbocycles. The van der Waals surface area contributed by atoms with Gasteiger partial charge in [0, 0.05) is 18.3 Å². The zero-order valence-electron chi connectivity index (χ0n) is 10.8. The summed E-state index contributed by atoms with van der Waals surface area (Å²) in [5, 5.41) is 11.7. The van der Waals surface area contributed by atoms with Crippen LogP contribution in [0.4, 0.5) is 5.69 Å². The number of amides is 1. The molecule has 18 heavy (non-hydrogen) atoms. The second-order valence-electron chi connectivity index (χ2n) is 4.04. The molecule has 1 aromatic carbocycles. The number of nitrogens with one attached hydrogen (secondary N) is 1. The summed E-state index contributed by atoms with van der Waals surface area (Å²) < 4.78 is 5.06. The molecule has 1 unspecified atom stereocenters. The minimum Gasteiger partial charge on any atom is -0.497 e. The predicted molar refractivity (Wildman–Crippen MR) is 70.7 cm³/mol. The van der Waals surface area contributed by atoms with Crippen LogP contribution < -0.4 is 15.8 Å². The minimum absolute atomic E-state index is 0.0480. The Morgan fingerprint density at radius 3 is 2.83 bits per heavy atom. The molecule has 0 aromatic heterocycles. The summed E-state index contributed by atoms with van der Waals surface area (Å²) in [4.78, 5) is 12.0. The van der Waals surface area contributed by atoms with E-state index in [1.54, 1.807) is 18.2 Å². The normalized spacial score (nSPS) is 11.9. The first-order valence-electron chi connectivity index (χ1n) is 5.97. The van der Waals surface area contributed by atoms with E-state index in [-0.39, 0.29) is 18.6 Å². The van der Waals surface area contributed by atoms with Gasteiger partial charge < -0.3 is 20.9 Å². The molecule has 0 fully saturated rings. The van der Waals surface area contributed by atoms with Crippen LogP contribution in [0.15, 0.2) is 18.2 Å². The van der Waals surface area contributed by atoms with Crippen molar-refractivity contribution < 1.29 is 14.6 Å². The van der Waals surface area contributed by atoms with Crippen LogP contribution in [0.5, 0.6) is 5.75 Å². The zero-order chi connectivity index (χ0) is 13.5. The van der Waals surface area contributed by atoms with Gasteiger partial charge in [0.15, 0.2) is 0 Å². The van der Waals surface area contributed by atoms with Crippen molar-refractivity contribution in [3.8, 4) is 5.75 Å². The molecule has 0 saturated carbocycles. The smallest absolute Gasteiger partial charge is 0.253 e. The molecular formula is C13H20N2O3. The number of anilines is 1. The Bertz CT molecular complexity index is 407. The lowest BCUT2D eigenvalue weighted by atomic mass is 10.1. The number of ether oxygens (including phenoxy) is 1. The van der Waals surface area contributed by atoms with Gasteiger partial charge in [-0.25, -0.2) is 0 Å². The summed E-state index contributed by atoms with van der Waals surface area (Å²) >= 11 is 0. The van der Waals surface area contributed by atoms with Gasteiger partial charge in [0.05, 0.1) is 12.7 Å². The molecule has 0 aliphatic heterocycles. The molecule has 5 heteroatoms. The largest absolute Gasteiger partial charge is 0.497 e. The van der Waals surface area contributed by atoms with E-state index >= 15 is 0 Å². The van der Waals surface area contributed by atoms with Crippen LogP contribution in [-0.2, 0) is 0 Å². The highest BCUT2D eigenvalue weighted by molar-refractivity contribution is 5.99. The highest BCUT2D eigenvalue weighted by Crippen LogP contribution is 2.19. The van der Waals surface area contributed by atoms with E-state index in [0.717, 1.165) is 6.42 Å². The monoisotopic (exact) mass is 252 g/mol. The average molecular weight is 252 g/mol. The fourth-order valence-electron chi connectivity index (χ4n) is 1.66. The Hall–Kier alpha value is -1.75. The van der Waals surface area contributed by atoms with Crippen LogP contribution >= 0.6 is 0 Å². The number of benzene rings is 1. The number of nitrogen functional groups attached to an aromatic ring is 1. The van der Waals surface area contributed by atoms with Gasteiger partial charge in [0.25, 0.3) is 5.91 Å². The zero-order valence-corrected chi connectivity index (χ0v) is 10.8. The van der Waals surface area contributed by atoms with Gasteiger partial charge >= 0.3 is 0 Å². The van der Waals surface area contributed by atoms with E-state index < -0.39 is 0 Å². The van der Waals surface area contributed by atoms with Crippen molar-refractivity contribution in [2.24, 2.45) is 0 Å². The molecule has 1 atom stereocenters. The molecule has 4 N–H and O–H groups in total. The fourth-order valence-corrected chi connectivity index (χ4v) is 1.66. The van der Waals surface area contributed by atoms with Crippen molar-refractivity contribution in [2.45, 2.75) is 25.8 Å². The number of nitrogens with two attached hydrogens (primary N) is 1. The molecule has 0 radical (unpaired) electrons. The van der Waals surface area contributed by atoms with Gasteiger partial charge in [-0.2, -0.15) is 0 Å². The van der Waals surface area contributed by atoms with Crippen molar-refractivity contribution in [1.82, 2.24) is 5.32 Å². The summed E-state index contributed by atoms with van der Waals surface area (Å²) in [6.45, 7) is 2.00. The van der Waals surface area contributed by atoms with Gasteiger partial charge in [-0.05, 0) is 31.0 Å². The van der Waals surface area contributed by atoms with Crippen molar-refractivity contribution >= 4 is 11.6 Å². The second kappa shape index (κ2) is 6.86. The van der Waals surface area contributed by atoms with E-state index in [9.17, 15) is 4.79 Å². The topological polar surface area (TPSA) is 84.6 Å². The number of carbonyl (C=O) groups is 1. The van der Waals surface area contributed by atoms with Gasteiger partial charge in [-0.15, -0.1) is 0 Å². The van der Waals surface area contributed by atoms with Crippen LogP contribution in [-0.4, -0.2) is 30.8 Å². The second-order valence-corrected chi connectivity index (χ2v) is 4.04. The first kappa shape index (κ1) is 14.3. The highest BCUT2D eigenvalue weighted by Gasteiger charge is 2.14. The molecule has 0 aliphatic rings. The average Bonchev–Trinajstić information content (AvgIpc) is 2.38. The Kier molecular flexibility index (Phi) is 5.45. The van der Waals surface area contributed by atoms with Gasteiger partial charge in [0.2, 0.25) is 0 Å². The lowest BCUT2D eigenvalue weighted by molar-refractivity contribution is 0.0929. The van der Waals surface area contributed by atoms with Gasteiger partial charge in [-0.1, -0.05) is 6.92 Å². The standard InChI is InChI=1S/C13H20N2O3/c1-3-9(6-7-16)15-13(17)11-8-10(18-2)4-5-12(11)14/h4-5,8-9,16H,3,6-7,14H2,1-2H3,(H,15,17). The summed E-state index contributed by atoms with van der Waals surface area (Å²) in [5.41, 5.74) is 6.57. The number of hydrogen-bond donors (Lipinski definition) is 3. The molecule has 0 saturated heterocycles. The summed E-state index contributed by atoms with van der Waals surface area (Å²) in [7, 11) is 1.54. The van der Waals surface area contributed by atoms with Crippen LogP contribution in [0, 0.1) is 0 Å². The maximum absolute atomic E-state index is 12.0. The SMILES string of the molecule is CCC(CCO)NC(=O)c1cc(OC)ccc1N. The number of aliphatic hydroxyl groups excluding tert-OH is 1. The van der Waals surface area contributed by atoms with Crippen LogP contribution in [0.3, 0.4) is 0 Å². The van der Waals surface area contributed by atoms with E-state index in [1.165, 1.54) is 7.11 Å². The highest BCUT2D eigenvalue weighted by atomic mass is 16.5. The third-order valence-electron chi connectivity index (χ3n) is 2.81. The number of hydrogen-bond acceptors (Lipinski definition) is 4. The number of rotatable bonds is 6. The fraction of sp³-hybridized carbons (Fsp3) is 0.462. The number of methoxy groups -OCH3 is 1. The van der Waals surface area contributed by atoms with Crippen LogP contribution in [0.25, 0.3) is 0 Å². The molecule has 1 rings (SSSR count). The first-order chi connectivity index (χ1) is 8.62. The van der Waals surface area contributed by atoms with E-state index in [2.05, 4.69) is 5.32 Å². The van der Waals surface area contributed by atoms with E-state index in [1.807, 2.05) is 6.92 Å². The molecule has 5 nitrogen and oxygen atoms in total. The lowest BCUT2D eigenvalue weighted by Gasteiger charge is -2.16. The molecule has 100 valence electrons. The maximum atomic E-state index is 12.0. The Morgan fingerprint density at radius 2 is 2.28 bits per heavy atom. The van der Waals surface area contributed by atoms with E-state index in [4.69, 9.17) is 15.6 Å². The van der Waals surface area contributed by atoms with E-state index in [0.29, 0.717) is 23.4 Å². The van der Waals surface area contributed by atoms with Gasteiger partial charge in [0.1, 0.15) is 5.75 Å². The summed E-state index contributed by atoms with van der Waals surface area (Å²) in [6.07, 6.45) is 1.29. The van der Waals surface area contributed by atoms with Gasteiger partial charge in [-0.3, -0.25) is 4.79 Å². The Morgan fingerprint density at radius 1 is 1.56 bits per heavy atom. The van der Waals surface area contributed by atoms with Crippen molar-refractivity contribution in [1.29, 1.82) is 0 Å². The predicted octanol–water partition coefficient (Wildman–Crippen LogP) is 1.17. The third-order valence-corrected chi connectivity index (χ3v) is 2.81. The Balaban J connectivity index is 2.82. The Labute approximate surface area is 107 Å². The molecule has 1 aromatic rings. The quantitative estimate of drug-likeness (QED) is 0.663. The minimum atomic E-state index is -0.244. The molecule has 1 amide bonds. The van der Waals surface area contributed by atoms with Crippen LogP contribution in [0.1, 0.15) is 30.1 Å². The molecule has 0 heterocycles. The van der Waals surface area contributed by atoms with Crippen LogP contribution in [0.2, 0.25) is 0 Å². The lowest BCUT2D eigenvalue weighted by Crippen LogP contribution is -2.35. The molecule has 0 bridgehead atoms. The van der Waals surface area contributed by atoms with Crippen molar-refractivity contribution in [3.05, 3.63) is 23.8 Å². The third kappa shape index (κ3) is 3.63. The first-order valence-corrected chi connectivity index (χ1v) is 5.97. The van der Waals surface area contributed by atoms with Crippen molar-refractivity contribution in [2.75, 3.05) is 19.5 Å². The molecule has 0 spiro atoms. The molecular weight excluding hydrogens is 232 g/mol. The van der Waals surface area contributed by atoms with Crippen molar-refractivity contribution in [3.63, 3.8) is 0 Å². The summed E-state index contributed by atoms with van der Waals surface area (Å²) in [5.74, 6) is 0.344. The number of carbonyl (C=O) groups excluding carboxylic acids is 1. The maximum Gasteiger partial charge on any atom is 0.253 e. The summed E-state index contributed by atoms with van der Waals surface area (Å²) in [6, 6.07) is 4.90. The number of aliphatic hydroxyl groups is 1.